The van der Waals surface area contributed by atoms with E-state index in [1.807, 2.05) is 11.0 Å². The Labute approximate surface area is 138 Å². The van der Waals surface area contributed by atoms with Crippen LogP contribution >= 0.6 is 0 Å². The number of pyridine rings is 1. The number of carbonyl (C=O) groups is 1. The largest absolute Gasteiger partial charge is 0.338 e. The summed E-state index contributed by atoms with van der Waals surface area (Å²) in [4.78, 5) is 25.9. The number of hydrogen-bond donors (Lipinski definition) is 1. The van der Waals surface area contributed by atoms with Gasteiger partial charge in [0.15, 0.2) is 0 Å². The van der Waals surface area contributed by atoms with Crippen LogP contribution in [0, 0.1) is 5.92 Å². The van der Waals surface area contributed by atoms with E-state index < -0.39 is 0 Å². The van der Waals surface area contributed by atoms with E-state index in [4.69, 9.17) is 0 Å². The Hall–Kier alpha value is -1.78. The Morgan fingerprint density at radius 3 is 2.87 bits per heavy atom. The summed E-state index contributed by atoms with van der Waals surface area (Å²) in [5, 5.41) is 3.03. The Balaban J connectivity index is 1.70. The van der Waals surface area contributed by atoms with Gasteiger partial charge in [-0.15, -0.1) is 0 Å². The van der Waals surface area contributed by atoms with Gasteiger partial charge >= 0.3 is 6.03 Å². The van der Waals surface area contributed by atoms with Crippen LogP contribution in [-0.2, 0) is 6.54 Å². The van der Waals surface area contributed by atoms with Crippen LogP contribution in [-0.4, -0.2) is 34.6 Å². The zero-order chi connectivity index (χ0) is 16.7. The molecule has 0 saturated carbocycles. The summed E-state index contributed by atoms with van der Waals surface area (Å²) < 4.78 is 1.71. The second kappa shape index (κ2) is 8.75. The minimum atomic E-state index is 0.0314. The van der Waals surface area contributed by atoms with Crippen LogP contribution in [0.5, 0.6) is 0 Å². The molecule has 1 fully saturated rings. The number of nitrogens with one attached hydrogen (secondary N) is 1. The average molecular weight is 319 g/mol. The van der Waals surface area contributed by atoms with Crippen molar-refractivity contribution in [2.75, 3.05) is 13.1 Å². The number of hydrogen-bond acceptors (Lipinski definition) is 2. The highest BCUT2D eigenvalue weighted by atomic mass is 16.2. The van der Waals surface area contributed by atoms with Crippen LogP contribution in [0.2, 0.25) is 0 Å². The van der Waals surface area contributed by atoms with E-state index >= 15 is 0 Å². The van der Waals surface area contributed by atoms with E-state index in [9.17, 15) is 9.59 Å². The molecule has 2 rings (SSSR count). The summed E-state index contributed by atoms with van der Waals surface area (Å²) in [6.45, 7) is 6.58. The molecule has 0 bridgehead atoms. The highest BCUT2D eigenvalue weighted by Gasteiger charge is 2.24. The van der Waals surface area contributed by atoms with E-state index in [0.29, 0.717) is 25.0 Å². The molecule has 2 atom stereocenters. The molecule has 2 amide bonds. The van der Waals surface area contributed by atoms with E-state index in [-0.39, 0.29) is 11.6 Å². The zero-order valence-corrected chi connectivity index (χ0v) is 14.3. The van der Waals surface area contributed by atoms with Crippen molar-refractivity contribution in [2.45, 2.75) is 58.5 Å². The number of likely N-dealkylation sites (tertiary alicyclic amines) is 1. The number of carbonyl (C=O) groups excluding carboxylic acids is 1. The summed E-state index contributed by atoms with van der Waals surface area (Å²) in [6, 6.07) is 5.57. The molecule has 1 saturated heterocycles. The van der Waals surface area contributed by atoms with Gasteiger partial charge < -0.3 is 14.8 Å². The smallest absolute Gasteiger partial charge is 0.317 e. The van der Waals surface area contributed by atoms with Gasteiger partial charge in [0.05, 0.1) is 0 Å². The third kappa shape index (κ3) is 5.41. The molecule has 1 N–H and O–H groups in total. The van der Waals surface area contributed by atoms with Gasteiger partial charge in [-0.1, -0.05) is 19.4 Å². The standard InChI is InChI=1S/C18H29N3O2/c1-15-8-7-9-16(2)21(14-15)18(23)19-11-4-6-13-20-12-5-3-10-17(20)22/h3,5,10,12,15-16H,4,6-9,11,13-14H2,1-2H3,(H,19,23)/t15-,16-/m1/s1. The van der Waals surface area contributed by atoms with Gasteiger partial charge in [0.2, 0.25) is 5.56 Å². The molecular formula is C18H29N3O2. The first-order valence-electron chi connectivity index (χ1n) is 8.78. The van der Waals surface area contributed by atoms with Crippen LogP contribution < -0.4 is 10.9 Å². The van der Waals surface area contributed by atoms with Gasteiger partial charge in [-0.2, -0.15) is 0 Å². The molecule has 23 heavy (non-hydrogen) atoms. The first-order chi connectivity index (χ1) is 11.1. The summed E-state index contributed by atoms with van der Waals surface area (Å²) in [7, 11) is 0. The molecule has 0 radical (unpaired) electrons. The summed E-state index contributed by atoms with van der Waals surface area (Å²) in [5.74, 6) is 0.579. The van der Waals surface area contributed by atoms with Crippen LogP contribution in [0.1, 0.15) is 46.0 Å². The third-order valence-electron chi connectivity index (χ3n) is 4.62. The molecule has 0 aliphatic carbocycles. The van der Waals surface area contributed by atoms with Crippen molar-refractivity contribution in [1.29, 1.82) is 0 Å². The minimum Gasteiger partial charge on any atom is -0.338 e. The number of urea groups is 1. The normalized spacial score (nSPS) is 21.7. The second-order valence-electron chi connectivity index (χ2n) is 6.71. The molecule has 5 nitrogen and oxygen atoms in total. The maximum absolute atomic E-state index is 12.4. The first kappa shape index (κ1) is 17.6. The van der Waals surface area contributed by atoms with E-state index in [1.54, 1.807) is 22.9 Å². The molecule has 1 aromatic rings. The number of aromatic nitrogens is 1. The molecule has 2 heterocycles. The number of rotatable bonds is 5. The molecule has 1 aromatic heterocycles. The van der Waals surface area contributed by atoms with Crippen molar-refractivity contribution in [3.8, 4) is 0 Å². The van der Waals surface area contributed by atoms with E-state index in [0.717, 1.165) is 25.8 Å². The highest BCUT2D eigenvalue weighted by molar-refractivity contribution is 5.74. The van der Waals surface area contributed by atoms with Gasteiger partial charge in [0, 0.05) is 37.9 Å². The molecular weight excluding hydrogens is 290 g/mol. The Morgan fingerprint density at radius 2 is 2.09 bits per heavy atom. The zero-order valence-electron chi connectivity index (χ0n) is 14.3. The van der Waals surface area contributed by atoms with Crippen LogP contribution in [0.4, 0.5) is 4.79 Å². The quantitative estimate of drug-likeness (QED) is 0.849. The lowest BCUT2D eigenvalue weighted by atomic mass is 10.1. The Bertz CT molecular complexity index is 555. The van der Waals surface area contributed by atoms with Crippen molar-refractivity contribution < 1.29 is 4.79 Å². The number of aryl methyl sites for hydroxylation is 1. The predicted molar refractivity (Wildman–Crippen MR) is 92.5 cm³/mol. The van der Waals surface area contributed by atoms with Crippen LogP contribution in [0.25, 0.3) is 0 Å². The monoisotopic (exact) mass is 319 g/mol. The van der Waals surface area contributed by atoms with Crippen molar-refractivity contribution in [1.82, 2.24) is 14.8 Å². The lowest BCUT2D eigenvalue weighted by Gasteiger charge is -2.28. The van der Waals surface area contributed by atoms with Crippen LogP contribution in [0.15, 0.2) is 29.2 Å². The highest BCUT2D eigenvalue weighted by Crippen LogP contribution is 2.20. The Morgan fingerprint density at radius 1 is 1.26 bits per heavy atom. The van der Waals surface area contributed by atoms with Gasteiger partial charge in [-0.25, -0.2) is 4.79 Å². The Kier molecular flexibility index (Phi) is 6.68. The molecule has 1 aliphatic rings. The predicted octanol–water partition coefficient (Wildman–Crippen LogP) is 2.85. The number of nitrogens with zero attached hydrogens (tertiary/aromatic N) is 2. The molecule has 1 aliphatic heterocycles. The molecule has 0 spiro atoms. The van der Waals surface area contributed by atoms with E-state index in [1.165, 1.54) is 12.8 Å². The fourth-order valence-electron chi connectivity index (χ4n) is 3.16. The molecule has 128 valence electrons. The third-order valence-corrected chi connectivity index (χ3v) is 4.62. The van der Waals surface area contributed by atoms with Gasteiger partial charge in [-0.3, -0.25) is 4.79 Å². The fourth-order valence-corrected chi connectivity index (χ4v) is 3.16. The van der Waals surface area contributed by atoms with Crippen molar-refractivity contribution >= 4 is 6.03 Å². The second-order valence-corrected chi connectivity index (χ2v) is 6.71. The van der Waals surface area contributed by atoms with Crippen molar-refractivity contribution in [3.05, 3.63) is 34.7 Å². The summed E-state index contributed by atoms with van der Waals surface area (Å²) >= 11 is 0. The van der Waals surface area contributed by atoms with Crippen molar-refractivity contribution in [3.63, 3.8) is 0 Å². The summed E-state index contributed by atoms with van der Waals surface area (Å²) in [6.07, 6.45) is 7.08. The maximum Gasteiger partial charge on any atom is 0.317 e. The summed E-state index contributed by atoms with van der Waals surface area (Å²) in [5.41, 5.74) is 0.0314. The van der Waals surface area contributed by atoms with Crippen molar-refractivity contribution in [2.24, 2.45) is 5.92 Å². The molecule has 5 heteroatoms. The topological polar surface area (TPSA) is 54.3 Å². The minimum absolute atomic E-state index is 0.0314. The average Bonchev–Trinajstić information content (AvgIpc) is 2.69. The number of amides is 2. The van der Waals surface area contributed by atoms with E-state index in [2.05, 4.69) is 19.2 Å². The fraction of sp³-hybridized carbons (Fsp3) is 0.667. The van der Waals surface area contributed by atoms with Crippen LogP contribution in [0.3, 0.4) is 0 Å². The van der Waals surface area contributed by atoms with Gasteiger partial charge in [0.25, 0.3) is 0 Å². The van der Waals surface area contributed by atoms with Gasteiger partial charge in [0.1, 0.15) is 0 Å². The number of unbranched alkanes of at least 4 members (excludes halogenated alkanes) is 1. The first-order valence-corrected chi connectivity index (χ1v) is 8.78. The molecule has 0 aromatic carbocycles. The SMILES string of the molecule is C[C@@H]1CCC[C@@H](C)N(C(=O)NCCCCn2ccccc2=O)C1. The lowest BCUT2D eigenvalue weighted by Crippen LogP contribution is -2.46. The lowest BCUT2D eigenvalue weighted by molar-refractivity contribution is 0.173. The van der Waals surface area contributed by atoms with Gasteiger partial charge in [-0.05, 0) is 44.6 Å². The maximum atomic E-state index is 12.4. The molecule has 0 unspecified atom stereocenters.